The van der Waals surface area contributed by atoms with Gasteiger partial charge in [-0.1, -0.05) is 11.8 Å². The molecule has 3 heterocycles. The van der Waals surface area contributed by atoms with E-state index in [9.17, 15) is 8.42 Å². The molecule has 1 fully saturated rings. The topological polar surface area (TPSA) is 81.2 Å². The molecule has 7 nitrogen and oxygen atoms in total. The van der Waals surface area contributed by atoms with Gasteiger partial charge in [-0.15, -0.1) is 10.2 Å². The maximum Gasteiger partial charge on any atom is 0.228 e. The van der Waals surface area contributed by atoms with Crippen LogP contribution in [0.5, 0.6) is 0 Å². The minimum atomic E-state index is -2.97. The van der Waals surface area contributed by atoms with Gasteiger partial charge in [0, 0.05) is 25.1 Å². The molecule has 23 heavy (non-hydrogen) atoms. The molecule has 0 N–H and O–H groups in total. The van der Waals surface area contributed by atoms with Crippen LogP contribution in [0.1, 0.15) is 18.6 Å². The summed E-state index contributed by atoms with van der Waals surface area (Å²) in [6, 6.07) is 3.77. The number of sulfone groups is 1. The van der Waals surface area contributed by atoms with Gasteiger partial charge in [0.15, 0.2) is 5.16 Å². The van der Waals surface area contributed by atoms with Crippen LogP contribution in [0.25, 0.3) is 0 Å². The Labute approximate surface area is 140 Å². The fraction of sp³-hybridized carbons (Fsp3) is 0.571. The number of aromatic nitrogens is 3. The Morgan fingerprint density at radius 3 is 2.74 bits per heavy atom. The summed E-state index contributed by atoms with van der Waals surface area (Å²) in [6.07, 6.45) is 5.21. The SMILES string of the molecule is CS(=O)(=O)CCSc1nnc(N2CCCC2)n1Cc1ccco1. The Morgan fingerprint density at radius 1 is 1.30 bits per heavy atom. The van der Waals surface area contributed by atoms with Crippen LogP contribution in [0.3, 0.4) is 0 Å². The highest BCUT2D eigenvalue weighted by molar-refractivity contribution is 8.00. The summed E-state index contributed by atoms with van der Waals surface area (Å²) in [5.74, 6) is 2.26. The van der Waals surface area contributed by atoms with Gasteiger partial charge in [-0.25, -0.2) is 8.42 Å². The maximum atomic E-state index is 11.3. The molecule has 1 aliphatic rings. The van der Waals surface area contributed by atoms with Crippen molar-refractivity contribution < 1.29 is 12.8 Å². The Hall–Kier alpha value is -1.48. The highest BCUT2D eigenvalue weighted by atomic mass is 32.2. The van der Waals surface area contributed by atoms with E-state index < -0.39 is 9.84 Å². The van der Waals surface area contributed by atoms with E-state index in [1.54, 1.807) is 6.26 Å². The molecular formula is C14H20N4O3S2. The first-order valence-electron chi connectivity index (χ1n) is 7.54. The Morgan fingerprint density at radius 2 is 2.09 bits per heavy atom. The molecule has 1 saturated heterocycles. The third-order valence-electron chi connectivity index (χ3n) is 3.67. The molecule has 0 aliphatic carbocycles. The molecule has 1 aliphatic heterocycles. The van der Waals surface area contributed by atoms with Crippen molar-refractivity contribution in [1.82, 2.24) is 14.8 Å². The molecule has 0 radical (unpaired) electrons. The van der Waals surface area contributed by atoms with E-state index in [1.807, 2.05) is 16.7 Å². The molecule has 0 saturated carbocycles. The molecule has 0 amide bonds. The molecule has 2 aromatic rings. The van der Waals surface area contributed by atoms with Crippen LogP contribution in [-0.4, -0.2) is 54.0 Å². The van der Waals surface area contributed by atoms with Crippen molar-refractivity contribution in [3.8, 4) is 0 Å². The van der Waals surface area contributed by atoms with E-state index in [2.05, 4.69) is 15.1 Å². The summed E-state index contributed by atoms with van der Waals surface area (Å²) in [7, 11) is -2.97. The number of nitrogens with zero attached hydrogens (tertiary/aromatic N) is 4. The van der Waals surface area contributed by atoms with Gasteiger partial charge in [-0.2, -0.15) is 0 Å². The number of rotatable bonds is 7. The van der Waals surface area contributed by atoms with Crippen molar-refractivity contribution in [2.24, 2.45) is 0 Å². The number of hydrogen-bond acceptors (Lipinski definition) is 7. The zero-order valence-electron chi connectivity index (χ0n) is 13.0. The second-order valence-corrected chi connectivity index (χ2v) is 8.94. The van der Waals surface area contributed by atoms with Gasteiger partial charge in [0.05, 0.1) is 18.6 Å². The largest absolute Gasteiger partial charge is 0.467 e. The predicted molar refractivity (Wildman–Crippen MR) is 89.7 cm³/mol. The average molecular weight is 356 g/mol. The third kappa shape index (κ3) is 4.29. The van der Waals surface area contributed by atoms with Crippen molar-refractivity contribution in [3.05, 3.63) is 24.2 Å². The second kappa shape index (κ2) is 6.96. The predicted octanol–water partition coefficient (Wildman–Crippen LogP) is 1.66. The molecule has 0 aromatic carbocycles. The molecule has 0 atom stereocenters. The summed E-state index contributed by atoms with van der Waals surface area (Å²) in [5, 5.41) is 9.31. The first-order chi connectivity index (χ1) is 11.0. The van der Waals surface area contributed by atoms with E-state index in [0.717, 1.165) is 42.8 Å². The smallest absolute Gasteiger partial charge is 0.228 e. The Balaban J connectivity index is 1.80. The van der Waals surface area contributed by atoms with Gasteiger partial charge in [0.25, 0.3) is 0 Å². The van der Waals surface area contributed by atoms with Crippen molar-refractivity contribution in [3.63, 3.8) is 0 Å². The minimum Gasteiger partial charge on any atom is -0.467 e. The normalized spacial score (nSPS) is 15.4. The van der Waals surface area contributed by atoms with Crippen LogP contribution in [-0.2, 0) is 16.4 Å². The van der Waals surface area contributed by atoms with E-state index in [4.69, 9.17) is 4.42 Å². The molecule has 126 valence electrons. The standard InChI is InChI=1S/C14H20N4O3S2/c1-23(19,20)10-9-22-14-16-15-13(17-6-2-3-7-17)18(14)11-12-5-4-8-21-12/h4-5,8H,2-3,6-7,9-11H2,1H3. The Bertz CT molecular complexity index is 734. The van der Waals surface area contributed by atoms with Crippen LogP contribution in [0.4, 0.5) is 5.95 Å². The summed E-state index contributed by atoms with van der Waals surface area (Å²) < 4.78 is 30.0. The van der Waals surface area contributed by atoms with Crippen LogP contribution < -0.4 is 4.90 Å². The molecule has 0 bridgehead atoms. The lowest BCUT2D eigenvalue weighted by atomic mass is 10.4. The molecule has 2 aromatic heterocycles. The lowest BCUT2D eigenvalue weighted by Crippen LogP contribution is -2.22. The zero-order chi connectivity index (χ0) is 16.3. The fourth-order valence-corrected chi connectivity index (χ4v) is 4.65. The summed E-state index contributed by atoms with van der Waals surface area (Å²) in [5.41, 5.74) is 0. The van der Waals surface area contributed by atoms with Gasteiger partial charge >= 0.3 is 0 Å². The van der Waals surface area contributed by atoms with Gasteiger partial charge in [0.1, 0.15) is 15.6 Å². The Kier molecular flexibility index (Phi) is 4.96. The van der Waals surface area contributed by atoms with Crippen LogP contribution in [0.15, 0.2) is 28.0 Å². The summed E-state index contributed by atoms with van der Waals surface area (Å²) in [6.45, 7) is 2.50. The molecule has 9 heteroatoms. The van der Waals surface area contributed by atoms with Crippen molar-refractivity contribution in [2.75, 3.05) is 35.8 Å². The van der Waals surface area contributed by atoms with Crippen LogP contribution in [0, 0.1) is 0 Å². The number of anilines is 1. The van der Waals surface area contributed by atoms with Crippen molar-refractivity contribution in [1.29, 1.82) is 0 Å². The van der Waals surface area contributed by atoms with E-state index in [-0.39, 0.29) is 5.75 Å². The first kappa shape index (κ1) is 16.4. The average Bonchev–Trinajstić information content (AvgIpc) is 3.20. The second-order valence-electron chi connectivity index (χ2n) is 5.62. The molecule has 3 rings (SSSR count). The summed E-state index contributed by atoms with van der Waals surface area (Å²) >= 11 is 1.42. The summed E-state index contributed by atoms with van der Waals surface area (Å²) in [4.78, 5) is 2.22. The molecular weight excluding hydrogens is 336 g/mol. The van der Waals surface area contributed by atoms with Gasteiger partial charge in [-0.3, -0.25) is 4.57 Å². The van der Waals surface area contributed by atoms with Gasteiger partial charge in [-0.05, 0) is 25.0 Å². The minimum absolute atomic E-state index is 0.129. The lowest BCUT2D eigenvalue weighted by molar-refractivity contribution is 0.483. The van der Waals surface area contributed by atoms with Crippen molar-refractivity contribution in [2.45, 2.75) is 24.5 Å². The maximum absolute atomic E-state index is 11.3. The number of furan rings is 1. The highest BCUT2D eigenvalue weighted by Crippen LogP contribution is 2.26. The number of thioether (sulfide) groups is 1. The van der Waals surface area contributed by atoms with Crippen LogP contribution in [0.2, 0.25) is 0 Å². The van der Waals surface area contributed by atoms with Crippen LogP contribution >= 0.6 is 11.8 Å². The van der Waals surface area contributed by atoms with E-state index in [1.165, 1.54) is 18.0 Å². The monoisotopic (exact) mass is 356 g/mol. The quantitative estimate of drug-likeness (QED) is 0.698. The molecule has 0 unspecified atom stereocenters. The van der Waals surface area contributed by atoms with E-state index in [0.29, 0.717) is 12.3 Å². The van der Waals surface area contributed by atoms with Gasteiger partial charge in [0.2, 0.25) is 5.95 Å². The molecule has 0 spiro atoms. The van der Waals surface area contributed by atoms with Gasteiger partial charge < -0.3 is 9.32 Å². The van der Waals surface area contributed by atoms with E-state index >= 15 is 0 Å². The lowest BCUT2D eigenvalue weighted by Gasteiger charge is -2.17. The zero-order valence-corrected chi connectivity index (χ0v) is 14.6. The number of hydrogen-bond donors (Lipinski definition) is 0. The third-order valence-corrected chi connectivity index (χ3v) is 5.84. The van der Waals surface area contributed by atoms with Crippen molar-refractivity contribution >= 4 is 27.5 Å². The highest BCUT2D eigenvalue weighted by Gasteiger charge is 2.22. The first-order valence-corrected chi connectivity index (χ1v) is 10.6. The fourth-order valence-electron chi connectivity index (χ4n) is 2.52.